The van der Waals surface area contributed by atoms with Gasteiger partial charge in [0.1, 0.15) is 6.07 Å². The smallest absolute Gasteiger partial charge is 0.417 e. The van der Waals surface area contributed by atoms with Gasteiger partial charge in [0.25, 0.3) is 0 Å². The fourth-order valence-corrected chi connectivity index (χ4v) is 2.18. The molecule has 18 heavy (non-hydrogen) atoms. The number of hydrogen-bond acceptors (Lipinski definition) is 3. The molecule has 0 radical (unpaired) electrons. The first kappa shape index (κ1) is 14.8. The van der Waals surface area contributed by atoms with Gasteiger partial charge in [0.15, 0.2) is 0 Å². The van der Waals surface area contributed by atoms with E-state index in [0.29, 0.717) is 0 Å². The van der Waals surface area contributed by atoms with Crippen molar-refractivity contribution >= 4 is 28.6 Å². The van der Waals surface area contributed by atoms with Gasteiger partial charge in [-0.05, 0) is 41.6 Å². The SMILES string of the molecule is CCOC(=O)c1ccc(C(F)(F)F)c(I)c1C#N. The predicted octanol–water partition coefficient (Wildman–Crippen LogP) is 3.36. The molecule has 0 unspecified atom stereocenters. The third-order valence-electron chi connectivity index (χ3n) is 2.05. The Bertz CT molecular complexity index is 520. The zero-order chi connectivity index (χ0) is 13.9. The molecule has 1 aromatic carbocycles. The van der Waals surface area contributed by atoms with Gasteiger partial charge in [-0.2, -0.15) is 18.4 Å². The fourth-order valence-electron chi connectivity index (χ4n) is 1.28. The van der Waals surface area contributed by atoms with Crippen LogP contribution in [0.3, 0.4) is 0 Å². The summed E-state index contributed by atoms with van der Waals surface area (Å²) in [6.07, 6.45) is -4.56. The van der Waals surface area contributed by atoms with Gasteiger partial charge in [-0.3, -0.25) is 0 Å². The fraction of sp³-hybridized carbons (Fsp3) is 0.273. The van der Waals surface area contributed by atoms with Crippen LogP contribution in [0.2, 0.25) is 0 Å². The summed E-state index contributed by atoms with van der Waals surface area (Å²) in [5, 5.41) is 8.88. The van der Waals surface area contributed by atoms with E-state index in [1.165, 1.54) is 22.6 Å². The van der Waals surface area contributed by atoms with E-state index >= 15 is 0 Å². The average molecular weight is 369 g/mol. The normalized spacial score (nSPS) is 10.9. The molecular weight excluding hydrogens is 362 g/mol. The van der Waals surface area contributed by atoms with Crippen molar-refractivity contribution in [3.63, 3.8) is 0 Å². The number of rotatable bonds is 2. The Kier molecular flexibility index (Phi) is 4.56. The van der Waals surface area contributed by atoms with Crippen molar-refractivity contribution in [2.24, 2.45) is 0 Å². The first-order valence-electron chi connectivity index (χ1n) is 4.79. The first-order chi connectivity index (χ1) is 8.32. The van der Waals surface area contributed by atoms with Crippen LogP contribution in [0.5, 0.6) is 0 Å². The molecule has 0 atom stereocenters. The first-order valence-corrected chi connectivity index (χ1v) is 5.87. The van der Waals surface area contributed by atoms with E-state index < -0.39 is 17.7 Å². The van der Waals surface area contributed by atoms with Crippen molar-refractivity contribution in [2.75, 3.05) is 6.61 Å². The van der Waals surface area contributed by atoms with Crippen LogP contribution in [0.25, 0.3) is 0 Å². The summed E-state index contributed by atoms with van der Waals surface area (Å²) in [6, 6.07) is 3.34. The highest BCUT2D eigenvalue weighted by Crippen LogP contribution is 2.35. The molecule has 1 aromatic rings. The lowest BCUT2D eigenvalue weighted by Gasteiger charge is -2.12. The molecule has 0 heterocycles. The summed E-state index contributed by atoms with van der Waals surface area (Å²) in [4.78, 5) is 11.5. The minimum atomic E-state index is -4.56. The number of halogens is 4. The van der Waals surface area contributed by atoms with Gasteiger partial charge in [0.05, 0.1) is 23.3 Å². The molecule has 0 aliphatic rings. The van der Waals surface area contributed by atoms with E-state index in [1.54, 1.807) is 13.0 Å². The Morgan fingerprint density at radius 2 is 2.11 bits per heavy atom. The van der Waals surface area contributed by atoms with E-state index in [-0.39, 0.29) is 21.3 Å². The van der Waals surface area contributed by atoms with Gasteiger partial charge in [-0.15, -0.1) is 0 Å². The molecule has 1 rings (SSSR count). The number of carbonyl (C=O) groups is 1. The van der Waals surface area contributed by atoms with Crippen LogP contribution in [0.1, 0.15) is 28.4 Å². The minimum absolute atomic E-state index is 0.0846. The van der Waals surface area contributed by atoms with Crippen molar-refractivity contribution in [1.82, 2.24) is 0 Å². The molecule has 0 N–H and O–H groups in total. The lowest BCUT2D eigenvalue weighted by atomic mass is 10.0. The van der Waals surface area contributed by atoms with Gasteiger partial charge in [0.2, 0.25) is 0 Å². The molecule has 3 nitrogen and oxygen atoms in total. The van der Waals surface area contributed by atoms with Crippen LogP contribution >= 0.6 is 22.6 Å². The molecule has 0 aliphatic carbocycles. The number of carbonyl (C=O) groups excluding carboxylic acids is 1. The van der Waals surface area contributed by atoms with Crippen molar-refractivity contribution in [1.29, 1.82) is 5.26 Å². The van der Waals surface area contributed by atoms with Crippen LogP contribution in [-0.4, -0.2) is 12.6 Å². The molecular formula is C11H7F3INO2. The topological polar surface area (TPSA) is 50.1 Å². The summed E-state index contributed by atoms with van der Waals surface area (Å²) < 4.78 is 42.2. The second kappa shape index (κ2) is 5.56. The lowest BCUT2D eigenvalue weighted by Crippen LogP contribution is -2.13. The highest BCUT2D eigenvalue weighted by Gasteiger charge is 2.35. The molecule has 7 heteroatoms. The van der Waals surface area contributed by atoms with Gasteiger partial charge >= 0.3 is 12.1 Å². The molecule has 0 spiro atoms. The number of nitrogens with zero attached hydrogens (tertiary/aromatic N) is 1. The molecule has 0 fully saturated rings. The van der Waals surface area contributed by atoms with Crippen LogP contribution in [0, 0.1) is 14.9 Å². The van der Waals surface area contributed by atoms with Crippen LogP contribution in [0.4, 0.5) is 13.2 Å². The maximum Gasteiger partial charge on any atom is 0.417 e. The summed E-state index contributed by atoms with van der Waals surface area (Å²) >= 11 is 1.40. The lowest BCUT2D eigenvalue weighted by molar-refractivity contribution is -0.138. The summed E-state index contributed by atoms with van der Waals surface area (Å²) in [5.41, 5.74) is -1.41. The third-order valence-corrected chi connectivity index (χ3v) is 3.17. The molecule has 96 valence electrons. The number of hydrogen-bond donors (Lipinski definition) is 0. The molecule has 0 aliphatic heterocycles. The summed E-state index contributed by atoms with van der Waals surface area (Å²) in [7, 11) is 0. The second-order valence-electron chi connectivity index (χ2n) is 3.18. The molecule has 0 saturated heterocycles. The van der Waals surface area contributed by atoms with Crippen LogP contribution in [-0.2, 0) is 10.9 Å². The molecule has 0 bridgehead atoms. The largest absolute Gasteiger partial charge is 0.462 e. The quantitative estimate of drug-likeness (QED) is 0.594. The van der Waals surface area contributed by atoms with Crippen LogP contribution < -0.4 is 0 Å². The Morgan fingerprint density at radius 1 is 1.50 bits per heavy atom. The Labute approximate surface area is 115 Å². The highest BCUT2D eigenvalue weighted by atomic mass is 127. The van der Waals surface area contributed by atoms with E-state index in [9.17, 15) is 18.0 Å². The van der Waals surface area contributed by atoms with Crippen molar-refractivity contribution in [3.05, 3.63) is 32.4 Å². The van der Waals surface area contributed by atoms with Crippen molar-refractivity contribution in [2.45, 2.75) is 13.1 Å². The Balaban J connectivity index is 3.40. The van der Waals surface area contributed by atoms with Crippen molar-refractivity contribution in [3.8, 4) is 6.07 Å². The van der Waals surface area contributed by atoms with E-state index in [0.717, 1.165) is 12.1 Å². The van der Waals surface area contributed by atoms with Crippen LogP contribution in [0.15, 0.2) is 12.1 Å². The average Bonchev–Trinajstić information content (AvgIpc) is 2.27. The second-order valence-corrected chi connectivity index (χ2v) is 4.26. The van der Waals surface area contributed by atoms with E-state index in [2.05, 4.69) is 4.74 Å². The van der Waals surface area contributed by atoms with Gasteiger partial charge in [-0.25, -0.2) is 4.79 Å². The van der Waals surface area contributed by atoms with E-state index in [4.69, 9.17) is 5.26 Å². The number of alkyl halides is 3. The number of ether oxygens (including phenoxy) is 1. The molecule has 0 saturated carbocycles. The maximum absolute atomic E-state index is 12.6. The monoisotopic (exact) mass is 369 g/mol. The summed E-state index contributed by atoms with van der Waals surface area (Å²) in [6.45, 7) is 1.65. The third kappa shape index (κ3) is 2.93. The maximum atomic E-state index is 12.6. The van der Waals surface area contributed by atoms with Gasteiger partial charge in [0, 0.05) is 3.57 Å². The number of nitriles is 1. The standard InChI is InChI=1S/C11H7F3INO2/c1-2-18-10(17)6-3-4-8(11(12,13)14)9(15)7(6)5-16/h3-4H,2H2,1H3. The zero-order valence-corrected chi connectivity index (χ0v) is 11.3. The number of benzene rings is 1. The Hall–Kier alpha value is -1.30. The number of esters is 1. The van der Waals surface area contributed by atoms with Crippen molar-refractivity contribution < 1.29 is 22.7 Å². The highest BCUT2D eigenvalue weighted by molar-refractivity contribution is 14.1. The van der Waals surface area contributed by atoms with Gasteiger partial charge < -0.3 is 4.74 Å². The molecule has 0 aromatic heterocycles. The van der Waals surface area contributed by atoms with Gasteiger partial charge in [-0.1, -0.05) is 0 Å². The minimum Gasteiger partial charge on any atom is -0.462 e. The zero-order valence-electron chi connectivity index (χ0n) is 9.14. The Morgan fingerprint density at radius 3 is 2.56 bits per heavy atom. The van der Waals surface area contributed by atoms with E-state index in [1.807, 2.05) is 0 Å². The summed E-state index contributed by atoms with van der Waals surface area (Å²) in [5.74, 6) is -0.805. The predicted molar refractivity (Wildman–Crippen MR) is 64.8 cm³/mol. The molecule has 0 amide bonds.